The molecule has 2 aromatic rings. The van der Waals surface area contributed by atoms with Crippen LogP contribution in [0.15, 0.2) is 54.0 Å². The smallest absolute Gasteiger partial charge is 0.293 e. The van der Waals surface area contributed by atoms with Crippen LogP contribution in [0.4, 0.5) is 9.18 Å². The fourth-order valence-electron chi connectivity index (χ4n) is 3.26. The Labute approximate surface area is 197 Å². The quantitative estimate of drug-likeness (QED) is 0.331. The standard InChI is InChI=1S/C25H26FNO5S/c1-4-6-19-13-18(15-22-24(28)27(11-12-30-3)25(29)33-22)14-21(31-5-2)23(19)32-16-17-7-9-20(26)10-8-17/h4,7-10,13-15H,1,5-6,11-12,16H2,2-3H3/b22-15+. The van der Waals surface area contributed by atoms with E-state index in [1.54, 1.807) is 30.4 Å². The molecule has 6 nitrogen and oxygen atoms in total. The Morgan fingerprint density at radius 3 is 2.58 bits per heavy atom. The van der Waals surface area contributed by atoms with E-state index >= 15 is 0 Å². The van der Waals surface area contributed by atoms with Gasteiger partial charge in [-0.1, -0.05) is 18.2 Å². The number of thioether (sulfide) groups is 1. The molecule has 8 heteroatoms. The molecule has 0 radical (unpaired) electrons. The van der Waals surface area contributed by atoms with Gasteiger partial charge in [-0.2, -0.15) is 0 Å². The molecule has 0 unspecified atom stereocenters. The maximum Gasteiger partial charge on any atom is 0.293 e. The van der Waals surface area contributed by atoms with Crippen LogP contribution in [0.3, 0.4) is 0 Å². The Kier molecular flexibility index (Phi) is 8.68. The Bertz CT molecular complexity index is 1050. The molecule has 1 aliphatic heterocycles. The van der Waals surface area contributed by atoms with Gasteiger partial charge in [0.2, 0.25) is 0 Å². The van der Waals surface area contributed by atoms with Crippen LogP contribution in [0.25, 0.3) is 6.08 Å². The molecule has 2 amide bonds. The van der Waals surface area contributed by atoms with Gasteiger partial charge in [-0.3, -0.25) is 14.5 Å². The first-order valence-electron chi connectivity index (χ1n) is 10.5. The maximum atomic E-state index is 13.2. The second-order valence-corrected chi connectivity index (χ2v) is 8.17. The number of hydrogen-bond acceptors (Lipinski definition) is 6. The Morgan fingerprint density at radius 2 is 1.91 bits per heavy atom. The molecular weight excluding hydrogens is 445 g/mol. The molecule has 0 atom stereocenters. The van der Waals surface area contributed by atoms with Crippen LogP contribution < -0.4 is 9.47 Å². The molecule has 0 N–H and O–H groups in total. The highest BCUT2D eigenvalue weighted by atomic mass is 32.2. The zero-order valence-corrected chi connectivity index (χ0v) is 19.5. The predicted octanol–water partition coefficient (Wildman–Crippen LogP) is 5.21. The zero-order valence-electron chi connectivity index (χ0n) is 18.6. The first-order chi connectivity index (χ1) is 16.0. The molecule has 0 saturated carbocycles. The van der Waals surface area contributed by atoms with E-state index in [2.05, 4.69) is 6.58 Å². The Hall–Kier alpha value is -3.10. The lowest BCUT2D eigenvalue weighted by Crippen LogP contribution is -2.31. The summed E-state index contributed by atoms with van der Waals surface area (Å²) < 4.78 is 30.1. The van der Waals surface area contributed by atoms with Gasteiger partial charge in [0.25, 0.3) is 11.1 Å². The molecule has 174 valence electrons. The van der Waals surface area contributed by atoms with E-state index in [0.29, 0.717) is 35.0 Å². The van der Waals surface area contributed by atoms with Crippen molar-refractivity contribution in [1.29, 1.82) is 0 Å². The summed E-state index contributed by atoms with van der Waals surface area (Å²) >= 11 is 0.898. The lowest BCUT2D eigenvalue weighted by Gasteiger charge is -2.17. The summed E-state index contributed by atoms with van der Waals surface area (Å²) in [5.74, 6) is 0.425. The number of methoxy groups -OCH3 is 1. The van der Waals surface area contributed by atoms with Crippen LogP contribution in [0.2, 0.25) is 0 Å². The van der Waals surface area contributed by atoms with Crippen molar-refractivity contribution in [2.75, 3.05) is 26.9 Å². The number of carbonyl (C=O) groups is 2. The van der Waals surface area contributed by atoms with Gasteiger partial charge in [-0.15, -0.1) is 6.58 Å². The summed E-state index contributed by atoms with van der Waals surface area (Å²) in [5.41, 5.74) is 2.35. The maximum absolute atomic E-state index is 13.2. The fraction of sp³-hybridized carbons (Fsp3) is 0.280. The molecule has 0 spiro atoms. The van der Waals surface area contributed by atoms with Gasteiger partial charge in [0.15, 0.2) is 11.5 Å². The lowest BCUT2D eigenvalue weighted by molar-refractivity contribution is -0.123. The van der Waals surface area contributed by atoms with Gasteiger partial charge >= 0.3 is 0 Å². The monoisotopic (exact) mass is 471 g/mol. The summed E-state index contributed by atoms with van der Waals surface area (Å²) in [4.78, 5) is 26.4. The molecule has 1 fully saturated rings. The van der Waals surface area contributed by atoms with Crippen LogP contribution in [0.1, 0.15) is 23.6 Å². The van der Waals surface area contributed by atoms with Crippen molar-refractivity contribution in [3.05, 3.63) is 76.5 Å². The van der Waals surface area contributed by atoms with Crippen LogP contribution >= 0.6 is 11.8 Å². The number of imide groups is 1. The number of carbonyl (C=O) groups excluding carboxylic acids is 2. The van der Waals surface area contributed by atoms with Crippen molar-refractivity contribution >= 4 is 29.0 Å². The molecule has 1 heterocycles. The number of ether oxygens (including phenoxy) is 3. The van der Waals surface area contributed by atoms with Gasteiger partial charge in [-0.25, -0.2) is 4.39 Å². The highest BCUT2D eigenvalue weighted by Gasteiger charge is 2.34. The summed E-state index contributed by atoms with van der Waals surface area (Å²) in [5, 5.41) is -0.320. The molecule has 1 aliphatic rings. The van der Waals surface area contributed by atoms with Crippen LogP contribution in [-0.2, 0) is 22.6 Å². The van der Waals surface area contributed by atoms with Crippen LogP contribution in [-0.4, -0.2) is 42.9 Å². The third-order valence-electron chi connectivity index (χ3n) is 4.80. The largest absolute Gasteiger partial charge is 0.490 e. The van der Waals surface area contributed by atoms with Crippen LogP contribution in [0, 0.1) is 5.82 Å². The summed E-state index contributed by atoms with van der Waals surface area (Å²) in [6.07, 6.45) is 3.94. The van der Waals surface area contributed by atoms with E-state index in [-0.39, 0.29) is 36.7 Å². The van der Waals surface area contributed by atoms with Crippen LogP contribution in [0.5, 0.6) is 11.5 Å². The minimum absolute atomic E-state index is 0.209. The SMILES string of the molecule is C=CCc1cc(/C=C2/SC(=O)N(CCOC)C2=O)cc(OCC)c1OCc1ccc(F)cc1. The van der Waals surface area contributed by atoms with Crippen molar-refractivity contribution in [1.82, 2.24) is 4.90 Å². The first kappa shape index (κ1) is 24.5. The van der Waals surface area contributed by atoms with Crippen molar-refractivity contribution in [2.45, 2.75) is 20.0 Å². The minimum atomic E-state index is -0.345. The molecule has 1 saturated heterocycles. The average molecular weight is 472 g/mol. The first-order valence-corrected chi connectivity index (χ1v) is 11.3. The zero-order chi connectivity index (χ0) is 23.8. The number of hydrogen-bond donors (Lipinski definition) is 0. The predicted molar refractivity (Wildman–Crippen MR) is 127 cm³/mol. The second kappa shape index (κ2) is 11.7. The van der Waals surface area contributed by atoms with Crippen molar-refractivity contribution in [3.63, 3.8) is 0 Å². The normalized spacial score (nSPS) is 14.8. The second-order valence-electron chi connectivity index (χ2n) is 7.17. The van der Waals surface area contributed by atoms with Crippen molar-refractivity contribution < 1.29 is 28.2 Å². The van der Waals surface area contributed by atoms with Gasteiger partial charge in [0, 0.05) is 12.7 Å². The van der Waals surface area contributed by atoms with E-state index in [0.717, 1.165) is 22.9 Å². The minimum Gasteiger partial charge on any atom is -0.490 e. The van der Waals surface area contributed by atoms with E-state index in [9.17, 15) is 14.0 Å². The third kappa shape index (κ3) is 6.24. The molecule has 2 aromatic carbocycles. The highest BCUT2D eigenvalue weighted by Crippen LogP contribution is 2.37. The number of halogens is 1. The summed E-state index contributed by atoms with van der Waals surface area (Å²) in [7, 11) is 1.52. The molecule has 33 heavy (non-hydrogen) atoms. The Morgan fingerprint density at radius 1 is 1.15 bits per heavy atom. The highest BCUT2D eigenvalue weighted by molar-refractivity contribution is 8.18. The number of benzene rings is 2. The summed E-state index contributed by atoms with van der Waals surface area (Å²) in [6, 6.07) is 9.76. The molecule has 3 rings (SSSR count). The average Bonchev–Trinajstić information content (AvgIpc) is 3.05. The fourth-order valence-corrected chi connectivity index (χ4v) is 4.13. The van der Waals surface area contributed by atoms with E-state index in [1.165, 1.54) is 24.1 Å². The third-order valence-corrected chi connectivity index (χ3v) is 5.71. The summed E-state index contributed by atoms with van der Waals surface area (Å²) in [6.45, 7) is 6.83. The van der Waals surface area contributed by atoms with Gasteiger partial charge in [-0.05, 0) is 66.6 Å². The van der Waals surface area contributed by atoms with Crippen molar-refractivity contribution in [2.24, 2.45) is 0 Å². The number of allylic oxidation sites excluding steroid dienone is 1. The number of amides is 2. The number of rotatable bonds is 11. The van der Waals surface area contributed by atoms with E-state index < -0.39 is 0 Å². The molecule has 0 aliphatic carbocycles. The molecular formula is C25H26FNO5S. The lowest BCUT2D eigenvalue weighted by atomic mass is 10.0. The Balaban J connectivity index is 1.91. The van der Waals surface area contributed by atoms with E-state index in [4.69, 9.17) is 14.2 Å². The van der Waals surface area contributed by atoms with Gasteiger partial charge < -0.3 is 14.2 Å². The van der Waals surface area contributed by atoms with Gasteiger partial charge in [0.1, 0.15) is 12.4 Å². The number of nitrogens with zero attached hydrogens (tertiary/aromatic N) is 1. The topological polar surface area (TPSA) is 65.1 Å². The molecule has 0 aromatic heterocycles. The van der Waals surface area contributed by atoms with Gasteiger partial charge in [0.05, 0.1) is 24.7 Å². The van der Waals surface area contributed by atoms with E-state index in [1.807, 2.05) is 13.0 Å². The molecule has 0 bridgehead atoms. The van der Waals surface area contributed by atoms with Crippen molar-refractivity contribution in [3.8, 4) is 11.5 Å².